The van der Waals surface area contributed by atoms with Crippen molar-refractivity contribution in [2.45, 2.75) is 46.5 Å². The summed E-state index contributed by atoms with van der Waals surface area (Å²) in [4.78, 5) is 9.75. The highest BCUT2D eigenvalue weighted by Gasteiger charge is 2.14. The Morgan fingerprint density at radius 1 is 0.885 bits per heavy atom. The third-order valence-electron chi connectivity index (χ3n) is 4.52. The molecule has 0 saturated carbocycles. The van der Waals surface area contributed by atoms with E-state index in [0.29, 0.717) is 11.8 Å². The fourth-order valence-corrected chi connectivity index (χ4v) is 3.06. The first-order chi connectivity index (χ1) is 12.5. The summed E-state index contributed by atoms with van der Waals surface area (Å²) in [6, 6.07) is 16.2. The van der Waals surface area contributed by atoms with Crippen LogP contribution in [0.15, 0.2) is 64.2 Å². The minimum atomic E-state index is 0.419. The van der Waals surface area contributed by atoms with Crippen molar-refractivity contribution in [1.29, 1.82) is 0 Å². The van der Waals surface area contributed by atoms with E-state index >= 15 is 0 Å². The van der Waals surface area contributed by atoms with Gasteiger partial charge < -0.3 is 4.42 Å². The van der Waals surface area contributed by atoms with Crippen molar-refractivity contribution in [3.05, 3.63) is 71.6 Å². The molecule has 26 heavy (non-hydrogen) atoms. The summed E-state index contributed by atoms with van der Waals surface area (Å²) >= 11 is 0. The molecule has 0 amide bonds. The maximum absolute atomic E-state index is 5.47. The number of nitrogens with zero attached hydrogens (tertiary/aromatic N) is 2. The van der Waals surface area contributed by atoms with Crippen LogP contribution in [0.25, 0.3) is 11.5 Å². The van der Waals surface area contributed by atoms with Crippen molar-refractivity contribution in [3.8, 4) is 11.5 Å². The van der Waals surface area contributed by atoms with Crippen LogP contribution >= 0.6 is 0 Å². The molecule has 0 fully saturated rings. The number of benzene rings is 1. The van der Waals surface area contributed by atoms with Crippen LogP contribution in [-0.2, 0) is 0 Å². The van der Waals surface area contributed by atoms with Crippen LogP contribution in [-0.4, -0.2) is 10.7 Å². The minimum Gasteiger partial charge on any atom is -0.463 e. The number of aromatic nitrogens is 1. The van der Waals surface area contributed by atoms with Gasteiger partial charge in [0, 0.05) is 0 Å². The zero-order valence-corrected chi connectivity index (χ0v) is 16.2. The van der Waals surface area contributed by atoms with Crippen LogP contribution in [0.4, 0.5) is 5.69 Å². The number of pyridine rings is 1. The maximum atomic E-state index is 5.47. The van der Waals surface area contributed by atoms with Crippen molar-refractivity contribution >= 4 is 11.4 Å². The van der Waals surface area contributed by atoms with Gasteiger partial charge in [0.25, 0.3) is 0 Å². The van der Waals surface area contributed by atoms with Gasteiger partial charge in [0.15, 0.2) is 5.76 Å². The summed E-state index contributed by atoms with van der Waals surface area (Å²) in [5, 5.41) is 0. The molecule has 0 atom stereocenters. The Balaban J connectivity index is 2.07. The molecule has 0 bridgehead atoms. The SMILES string of the molecule is CC(=Nc1c(C(C)C)cccc1C(C)C)c1cccc(-c2ccco2)n1. The van der Waals surface area contributed by atoms with Crippen LogP contribution in [0, 0.1) is 0 Å². The van der Waals surface area contributed by atoms with E-state index in [2.05, 4.69) is 45.9 Å². The highest BCUT2D eigenvalue weighted by atomic mass is 16.3. The van der Waals surface area contributed by atoms with Crippen LogP contribution in [0.3, 0.4) is 0 Å². The van der Waals surface area contributed by atoms with E-state index in [9.17, 15) is 0 Å². The molecule has 2 heterocycles. The van der Waals surface area contributed by atoms with Gasteiger partial charge in [0.05, 0.1) is 23.4 Å². The van der Waals surface area contributed by atoms with Crippen molar-refractivity contribution in [1.82, 2.24) is 4.98 Å². The summed E-state index contributed by atoms with van der Waals surface area (Å²) in [5.41, 5.74) is 6.24. The summed E-state index contributed by atoms with van der Waals surface area (Å²) in [6.07, 6.45) is 1.67. The van der Waals surface area contributed by atoms with Crippen molar-refractivity contribution < 1.29 is 4.42 Å². The smallest absolute Gasteiger partial charge is 0.152 e. The van der Waals surface area contributed by atoms with Crippen LogP contribution < -0.4 is 0 Å². The van der Waals surface area contributed by atoms with Gasteiger partial charge in [-0.15, -0.1) is 0 Å². The van der Waals surface area contributed by atoms with Crippen molar-refractivity contribution in [3.63, 3.8) is 0 Å². The highest BCUT2D eigenvalue weighted by molar-refractivity contribution is 5.99. The van der Waals surface area contributed by atoms with Crippen LogP contribution in [0.2, 0.25) is 0 Å². The second kappa shape index (κ2) is 7.69. The molecule has 2 aromatic heterocycles. The molecule has 0 unspecified atom stereocenters. The quantitative estimate of drug-likeness (QED) is 0.480. The summed E-state index contributed by atoms with van der Waals surface area (Å²) in [5.74, 6) is 1.61. The predicted molar refractivity (Wildman–Crippen MR) is 108 cm³/mol. The average Bonchev–Trinajstić information content (AvgIpc) is 3.16. The molecule has 0 radical (unpaired) electrons. The fourth-order valence-electron chi connectivity index (χ4n) is 3.06. The molecule has 3 rings (SSSR count). The maximum Gasteiger partial charge on any atom is 0.152 e. The minimum absolute atomic E-state index is 0.419. The predicted octanol–water partition coefficient (Wildman–Crippen LogP) is 6.73. The van der Waals surface area contributed by atoms with E-state index in [1.165, 1.54) is 11.1 Å². The second-order valence-corrected chi connectivity index (χ2v) is 7.18. The van der Waals surface area contributed by atoms with E-state index in [4.69, 9.17) is 14.4 Å². The Hall–Kier alpha value is -2.68. The van der Waals surface area contributed by atoms with E-state index in [1.807, 2.05) is 37.3 Å². The largest absolute Gasteiger partial charge is 0.463 e. The van der Waals surface area contributed by atoms with Gasteiger partial charge in [-0.3, -0.25) is 4.99 Å². The Labute approximate surface area is 155 Å². The molecule has 3 heteroatoms. The van der Waals surface area contributed by atoms with Crippen molar-refractivity contribution in [2.24, 2.45) is 4.99 Å². The number of hydrogen-bond donors (Lipinski definition) is 0. The Morgan fingerprint density at radius 3 is 2.12 bits per heavy atom. The van der Waals surface area contributed by atoms with Crippen LogP contribution in [0.5, 0.6) is 0 Å². The van der Waals surface area contributed by atoms with Crippen LogP contribution in [0.1, 0.15) is 63.3 Å². The molecular formula is C23H26N2O. The molecular weight excluding hydrogens is 320 g/mol. The van der Waals surface area contributed by atoms with E-state index in [-0.39, 0.29) is 0 Å². The standard InChI is InChI=1S/C23H26N2O/c1-15(2)18-9-6-10-19(16(3)4)23(18)24-17(5)20-11-7-12-21(25-20)22-13-8-14-26-22/h6-16H,1-5H3. The Kier molecular flexibility index (Phi) is 5.36. The summed E-state index contributed by atoms with van der Waals surface area (Å²) in [6.45, 7) is 10.9. The third-order valence-corrected chi connectivity index (χ3v) is 4.52. The third kappa shape index (κ3) is 3.77. The number of aliphatic imine (C=N–C) groups is 1. The summed E-state index contributed by atoms with van der Waals surface area (Å²) < 4.78 is 5.47. The van der Waals surface area contributed by atoms with Gasteiger partial charge in [-0.25, -0.2) is 4.98 Å². The first kappa shape index (κ1) is 18.1. The highest BCUT2D eigenvalue weighted by Crippen LogP contribution is 2.35. The molecule has 3 aromatic rings. The van der Waals surface area contributed by atoms with E-state index in [0.717, 1.165) is 28.5 Å². The zero-order chi connectivity index (χ0) is 18.7. The van der Waals surface area contributed by atoms with Gasteiger partial charge in [-0.05, 0) is 54.2 Å². The lowest BCUT2D eigenvalue weighted by molar-refractivity contribution is 0.580. The number of rotatable bonds is 5. The lowest BCUT2D eigenvalue weighted by atomic mass is 9.93. The molecule has 0 aliphatic carbocycles. The van der Waals surface area contributed by atoms with E-state index in [1.54, 1.807) is 6.26 Å². The lowest BCUT2D eigenvalue weighted by Gasteiger charge is -2.17. The van der Waals surface area contributed by atoms with Gasteiger partial charge in [0.2, 0.25) is 0 Å². The summed E-state index contributed by atoms with van der Waals surface area (Å²) in [7, 11) is 0. The average molecular weight is 346 g/mol. The second-order valence-electron chi connectivity index (χ2n) is 7.18. The van der Waals surface area contributed by atoms with E-state index < -0.39 is 0 Å². The molecule has 0 N–H and O–H groups in total. The molecule has 1 aromatic carbocycles. The van der Waals surface area contributed by atoms with Gasteiger partial charge in [-0.1, -0.05) is 52.0 Å². The lowest BCUT2D eigenvalue weighted by Crippen LogP contribution is -2.02. The number of para-hydroxylation sites is 1. The molecule has 3 nitrogen and oxygen atoms in total. The number of hydrogen-bond acceptors (Lipinski definition) is 3. The molecule has 0 aliphatic heterocycles. The van der Waals surface area contributed by atoms with Gasteiger partial charge in [-0.2, -0.15) is 0 Å². The van der Waals surface area contributed by atoms with Gasteiger partial charge >= 0.3 is 0 Å². The van der Waals surface area contributed by atoms with Crippen molar-refractivity contribution in [2.75, 3.05) is 0 Å². The monoisotopic (exact) mass is 346 g/mol. The molecule has 0 saturated heterocycles. The normalized spacial score (nSPS) is 12.2. The topological polar surface area (TPSA) is 38.4 Å². The first-order valence-electron chi connectivity index (χ1n) is 9.16. The first-order valence-corrected chi connectivity index (χ1v) is 9.16. The Bertz CT molecular complexity index is 879. The molecule has 134 valence electrons. The Morgan fingerprint density at radius 2 is 1.54 bits per heavy atom. The molecule has 0 aliphatic rings. The van der Waals surface area contributed by atoms with Gasteiger partial charge in [0.1, 0.15) is 5.69 Å². The molecule has 0 spiro atoms. The number of furan rings is 1. The fraction of sp³-hybridized carbons (Fsp3) is 0.304. The zero-order valence-electron chi connectivity index (χ0n) is 16.2.